The maximum Gasteiger partial charge on any atom is 0.123 e. The van der Waals surface area contributed by atoms with Gasteiger partial charge in [-0.3, -0.25) is 0 Å². The molecule has 1 saturated heterocycles. The number of benzene rings is 2. The van der Waals surface area contributed by atoms with Crippen molar-refractivity contribution in [1.82, 2.24) is 0 Å². The largest absolute Gasteiger partial charge is 0.377 e. The van der Waals surface area contributed by atoms with Crippen LogP contribution >= 0.6 is 0 Å². The van der Waals surface area contributed by atoms with Crippen molar-refractivity contribution in [3.05, 3.63) is 65.0 Å². The van der Waals surface area contributed by atoms with Gasteiger partial charge in [0.05, 0.1) is 12.1 Å². The molecule has 0 spiro atoms. The van der Waals surface area contributed by atoms with Gasteiger partial charge in [-0.05, 0) is 54.9 Å². The normalized spacial score (nSPS) is 28.6. The summed E-state index contributed by atoms with van der Waals surface area (Å²) in [6.07, 6.45) is 4.87. The van der Waals surface area contributed by atoms with Crippen LogP contribution in [-0.2, 0) is 4.74 Å². The van der Waals surface area contributed by atoms with Crippen LogP contribution < -0.4 is 5.32 Å². The molecule has 2 aromatic carbocycles. The van der Waals surface area contributed by atoms with Gasteiger partial charge in [0, 0.05) is 23.8 Å². The molecule has 0 amide bonds. The first kappa shape index (κ1) is 14.5. The van der Waals surface area contributed by atoms with Gasteiger partial charge in [0.1, 0.15) is 5.82 Å². The standard InChI is InChI=1S/C21H22FNO/c22-15-5-1-4-14(12-15)19-17-8-3-11-24-21(17)18-7-2-6-16(13-9-10-13)20(18)23-19/h1-2,4-7,12-13,17,19,21,23H,3,8-11H2. The number of anilines is 1. The number of fused-ring (bicyclic) bond motifs is 3. The Hall–Kier alpha value is -1.87. The molecule has 1 aliphatic carbocycles. The predicted molar refractivity (Wildman–Crippen MR) is 92.6 cm³/mol. The lowest BCUT2D eigenvalue weighted by Crippen LogP contribution is -2.36. The average Bonchev–Trinajstić information content (AvgIpc) is 3.45. The highest BCUT2D eigenvalue weighted by Crippen LogP contribution is 2.53. The first-order chi connectivity index (χ1) is 11.8. The Balaban J connectivity index is 1.62. The van der Waals surface area contributed by atoms with Gasteiger partial charge < -0.3 is 10.1 Å². The van der Waals surface area contributed by atoms with E-state index in [1.807, 2.05) is 12.1 Å². The van der Waals surface area contributed by atoms with Gasteiger partial charge in [-0.25, -0.2) is 4.39 Å². The lowest BCUT2D eigenvalue weighted by atomic mass is 9.76. The van der Waals surface area contributed by atoms with E-state index in [2.05, 4.69) is 23.5 Å². The molecule has 0 radical (unpaired) electrons. The summed E-state index contributed by atoms with van der Waals surface area (Å²) in [5.41, 5.74) is 5.00. The Morgan fingerprint density at radius 3 is 2.67 bits per heavy atom. The fraction of sp³-hybridized carbons (Fsp3) is 0.429. The summed E-state index contributed by atoms with van der Waals surface area (Å²) in [5.74, 6) is 0.882. The zero-order valence-electron chi connectivity index (χ0n) is 13.7. The van der Waals surface area contributed by atoms with E-state index in [4.69, 9.17) is 4.74 Å². The summed E-state index contributed by atoms with van der Waals surface area (Å²) in [5, 5.41) is 3.78. The van der Waals surface area contributed by atoms with Crippen molar-refractivity contribution in [2.45, 2.75) is 43.7 Å². The highest BCUT2D eigenvalue weighted by atomic mass is 19.1. The summed E-state index contributed by atoms with van der Waals surface area (Å²) < 4.78 is 20.0. The zero-order chi connectivity index (χ0) is 16.1. The van der Waals surface area contributed by atoms with E-state index in [-0.39, 0.29) is 18.0 Å². The van der Waals surface area contributed by atoms with Gasteiger partial charge >= 0.3 is 0 Å². The van der Waals surface area contributed by atoms with E-state index >= 15 is 0 Å². The van der Waals surface area contributed by atoms with Gasteiger partial charge in [-0.2, -0.15) is 0 Å². The molecular weight excluding hydrogens is 301 g/mol. The SMILES string of the molecule is Fc1cccc(C2Nc3c(C4CC4)cccc3C3OCCCC23)c1. The fourth-order valence-corrected chi connectivity index (χ4v) is 4.49. The van der Waals surface area contributed by atoms with Gasteiger partial charge in [0.25, 0.3) is 0 Å². The molecule has 0 aromatic heterocycles. The van der Waals surface area contributed by atoms with Crippen LogP contribution in [0.15, 0.2) is 42.5 Å². The third kappa shape index (κ3) is 2.34. The number of halogens is 1. The van der Waals surface area contributed by atoms with E-state index in [0.717, 1.165) is 25.0 Å². The van der Waals surface area contributed by atoms with Gasteiger partial charge in [0.15, 0.2) is 0 Å². The monoisotopic (exact) mass is 323 g/mol. The molecule has 0 bridgehead atoms. The molecule has 3 heteroatoms. The molecular formula is C21H22FNO. The van der Waals surface area contributed by atoms with Gasteiger partial charge in [-0.15, -0.1) is 0 Å². The molecule has 2 nitrogen and oxygen atoms in total. The topological polar surface area (TPSA) is 21.3 Å². The van der Waals surface area contributed by atoms with Gasteiger partial charge in [0.2, 0.25) is 0 Å². The first-order valence-corrected chi connectivity index (χ1v) is 9.07. The molecule has 124 valence electrons. The molecule has 1 N–H and O–H groups in total. The Morgan fingerprint density at radius 1 is 1.00 bits per heavy atom. The van der Waals surface area contributed by atoms with Crippen LogP contribution in [0.5, 0.6) is 0 Å². The van der Waals surface area contributed by atoms with Crippen LogP contribution in [0.3, 0.4) is 0 Å². The molecule has 1 saturated carbocycles. The number of ether oxygens (including phenoxy) is 1. The molecule has 3 unspecified atom stereocenters. The quantitative estimate of drug-likeness (QED) is 0.805. The molecule has 5 rings (SSSR count). The van der Waals surface area contributed by atoms with Crippen LogP contribution in [0, 0.1) is 11.7 Å². The van der Waals surface area contributed by atoms with Crippen molar-refractivity contribution >= 4 is 5.69 Å². The summed E-state index contributed by atoms with van der Waals surface area (Å²) in [4.78, 5) is 0. The second-order valence-electron chi connectivity index (χ2n) is 7.36. The molecule has 3 aliphatic rings. The van der Waals surface area contributed by atoms with E-state index < -0.39 is 0 Å². The van der Waals surface area contributed by atoms with E-state index in [1.54, 1.807) is 6.07 Å². The number of hydrogen-bond acceptors (Lipinski definition) is 2. The van der Waals surface area contributed by atoms with E-state index in [0.29, 0.717) is 11.8 Å². The number of hydrogen-bond donors (Lipinski definition) is 1. The first-order valence-electron chi connectivity index (χ1n) is 9.07. The van der Waals surface area contributed by atoms with Crippen LogP contribution in [0.25, 0.3) is 0 Å². The summed E-state index contributed by atoms with van der Waals surface area (Å²) in [7, 11) is 0. The minimum Gasteiger partial charge on any atom is -0.377 e. The molecule has 2 aromatic rings. The highest BCUT2D eigenvalue weighted by molar-refractivity contribution is 5.64. The maximum atomic E-state index is 13.8. The minimum atomic E-state index is -0.163. The number of nitrogens with one attached hydrogen (secondary N) is 1. The Kier molecular flexibility index (Phi) is 3.37. The van der Waals surface area contributed by atoms with Crippen LogP contribution in [-0.4, -0.2) is 6.61 Å². The summed E-state index contributed by atoms with van der Waals surface area (Å²) in [6, 6.07) is 13.8. The molecule has 2 heterocycles. The minimum absolute atomic E-state index is 0.124. The van der Waals surface area contributed by atoms with Crippen molar-refractivity contribution in [1.29, 1.82) is 0 Å². The van der Waals surface area contributed by atoms with E-state index in [1.165, 1.54) is 35.7 Å². The summed E-state index contributed by atoms with van der Waals surface area (Å²) >= 11 is 0. The van der Waals surface area contributed by atoms with Crippen molar-refractivity contribution in [3.8, 4) is 0 Å². The Bertz CT molecular complexity index is 770. The van der Waals surface area contributed by atoms with Crippen molar-refractivity contribution in [2.75, 3.05) is 11.9 Å². The fourth-order valence-electron chi connectivity index (χ4n) is 4.49. The van der Waals surface area contributed by atoms with Crippen molar-refractivity contribution in [3.63, 3.8) is 0 Å². The second kappa shape index (κ2) is 5.59. The molecule has 2 fully saturated rings. The Morgan fingerprint density at radius 2 is 1.83 bits per heavy atom. The molecule has 24 heavy (non-hydrogen) atoms. The zero-order valence-corrected chi connectivity index (χ0v) is 13.7. The maximum absolute atomic E-state index is 13.8. The lowest BCUT2D eigenvalue weighted by molar-refractivity contribution is -0.0382. The van der Waals surface area contributed by atoms with Crippen LogP contribution in [0.1, 0.15) is 60.4 Å². The Labute approximate surface area is 142 Å². The predicted octanol–water partition coefficient (Wildman–Crippen LogP) is 5.34. The smallest absolute Gasteiger partial charge is 0.123 e. The molecule has 2 aliphatic heterocycles. The summed E-state index contributed by atoms with van der Waals surface area (Å²) in [6.45, 7) is 0.824. The third-order valence-corrected chi connectivity index (χ3v) is 5.76. The second-order valence-corrected chi connectivity index (χ2v) is 7.36. The van der Waals surface area contributed by atoms with Crippen LogP contribution in [0.4, 0.5) is 10.1 Å². The van der Waals surface area contributed by atoms with Crippen molar-refractivity contribution < 1.29 is 9.13 Å². The van der Waals surface area contributed by atoms with Crippen molar-refractivity contribution in [2.24, 2.45) is 5.92 Å². The number of para-hydroxylation sites is 1. The molecule has 3 atom stereocenters. The van der Waals surface area contributed by atoms with Gasteiger partial charge in [-0.1, -0.05) is 30.3 Å². The van der Waals surface area contributed by atoms with E-state index in [9.17, 15) is 4.39 Å². The third-order valence-electron chi connectivity index (χ3n) is 5.76. The lowest BCUT2D eigenvalue weighted by Gasteiger charge is -2.44. The van der Waals surface area contributed by atoms with Crippen LogP contribution in [0.2, 0.25) is 0 Å². The highest BCUT2D eigenvalue weighted by Gasteiger charge is 2.41. The number of rotatable bonds is 2. The average molecular weight is 323 g/mol.